The van der Waals surface area contributed by atoms with Crippen LogP contribution in [0.1, 0.15) is 39.2 Å². The fourth-order valence-electron chi connectivity index (χ4n) is 3.57. The van der Waals surface area contributed by atoms with E-state index in [1.54, 1.807) is 57.5 Å². The quantitative estimate of drug-likeness (QED) is 0.424. The third-order valence-electron chi connectivity index (χ3n) is 5.60. The average molecular weight is 471 g/mol. The fourth-order valence-corrected chi connectivity index (χ4v) is 4.71. The summed E-state index contributed by atoms with van der Waals surface area (Å²) < 4.78 is 13.4. The lowest BCUT2D eigenvalue weighted by Gasteiger charge is -2.28. The van der Waals surface area contributed by atoms with E-state index < -0.39 is 0 Å². The smallest absolute Gasteiger partial charge is 0.256 e. The maximum atomic E-state index is 13.4. The number of benzene rings is 2. The predicted octanol–water partition coefficient (Wildman–Crippen LogP) is 5.68. The predicted molar refractivity (Wildman–Crippen MR) is 125 cm³/mol. The van der Waals surface area contributed by atoms with Crippen molar-refractivity contribution in [2.24, 2.45) is 0 Å². The Morgan fingerprint density at radius 2 is 1.78 bits per heavy atom. The molecule has 0 bridgehead atoms. The number of carbonyl (C=O) groups is 2. The summed E-state index contributed by atoms with van der Waals surface area (Å²) in [5, 5.41) is 2.39. The molecule has 2 aromatic carbocycles. The van der Waals surface area contributed by atoms with Crippen molar-refractivity contribution in [2.45, 2.75) is 38.9 Å². The molecule has 1 aliphatic carbocycles. The van der Waals surface area contributed by atoms with Gasteiger partial charge < -0.3 is 9.80 Å². The van der Waals surface area contributed by atoms with Gasteiger partial charge in [-0.3, -0.25) is 9.59 Å². The molecule has 0 radical (unpaired) electrons. The third-order valence-corrected chi connectivity index (χ3v) is 6.94. The maximum Gasteiger partial charge on any atom is 0.256 e. The van der Waals surface area contributed by atoms with Crippen molar-refractivity contribution in [1.82, 2.24) is 9.80 Å². The van der Waals surface area contributed by atoms with Crippen LogP contribution in [0.2, 0.25) is 5.02 Å². The van der Waals surface area contributed by atoms with E-state index in [4.69, 9.17) is 11.6 Å². The van der Waals surface area contributed by atoms with Gasteiger partial charge in [-0.05, 0) is 66.6 Å². The highest BCUT2D eigenvalue weighted by molar-refractivity contribution is 7.10. The standard InChI is InChI=1S/C25H24ClFN2O2S/c1-17-12-13-32-23(17)15-28(14-18-6-8-19(27)9-7-18)24(30)16-29(20-10-11-20)25(31)21-4-2-3-5-22(21)26/h2-9,12-13,20H,10-11,14-16H2,1H3. The Morgan fingerprint density at radius 3 is 2.41 bits per heavy atom. The Balaban J connectivity index is 1.55. The second-order valence-electron chi connectivity index (χ2n) is 8.05. The second kappa shape index (κ2) is 9.84. The molecular weight excluding hydrogens is 447 g/mol. The molecule has 32 heavy (non-hydrogen) atoms. The number of halogens is 2. The third kappa shape index (κ3) is 5.37. The Kier molecular flexibility index (Phi) is 6.92. The van der Waals surface area contributed by atoms with E-state index in [1.807, 2.05) is 18.4 Å². The molecule has 0 unspecified atom stereocenters. The van der Waals surface area contributed by atoms with Gasteiger partial charge in [0, 0.05) is 17.5 Å². The van der Waals surface area contributed by atoms with Gasteiger partial charge in [0.2, 0.25) is 5.91 Å². The molecule has 0 saturated heterocycles. The molecule has 0 aliphatic heterocycles. The van der Waals surface area contributed by atoms with Gasteiger partial charge in [0.1, 0.15) is 12.4 Å². The van der Waals surface area contributed by atoms with Crippen LogP contribution in [0.5, 0.6) is 0 Å². The van der Waals surface area contributed by atoms with Crippen molar-refractivity contribution in [3.63, 3.8) is 0 Å². The lowest BCUT2D eigenvalue weighted by atomic mass is 10.1. The van der Waals surface area contributed by atoms with E-state index in [9.17, 15) is 14.0 Å². The molecule has 1 aromatic heterocycles. The Hall–Kier alpha value is -2.70. The topological polar surface area (TPSA) is 40.6 Å². The van der Waals surface area contributed by atoms with Crippen LogP contribution in [0.15, 0.2) is 60.0 Å². The first kappa shape index (κ1) is 22.5. The van der Waals surface area contributed by atoms with Crippen molar-refractivity contribution >= 4 is 34.8 Å². The van der Waals surface area contributed by atoms with Gasteiger partial charge in [-0.2, -0.15) is 0 Å². The van der Waals surface area contributed by atoms with Crippen molar-refractivity contribution in [3.05, 3.63) is 92.4 Å². The molecule has 2 amide bonds. The molecule has 0 atom stereocenters. The SMILES string of the molecule is Cc1ccsc1CN(Cc1ccc(F)cc1)C(=O)CN(C(=O)c1ccccc1Cl)C1CC1. The summed E-state index contributed by atoms with van der Waals surface area (Å²) in [5.41, 5.74) is 2.37. The molecular formula is C25H24ClFN2O2S. The summed E-state index contributed by atoms with van der Waals surface area (Å²) in [6.07, 6.45) is 1.76. The molecule has 4 nitrogen and oxygen atoms in total. The Morgan fingerprint density at radius 1 is 1.06 bits per heavy atom. The van der Waals surface area contributed by atoms with Crippen LogP contribution in [-0.4, -0.2) is 34.2 Å². The molecule has 4 rings (SSSR count). The Labute approximate surface area is 196 Å². The van der Waals surface area contributed by atoms with Crippen LogP contribution in [-0.2, 0) is 17.9 Å². The number of hydrogen-bond donors (Lipinski definition) is 0. The fraction of sp³-hybridized carbons (Fsp3) is 0.280. The summed E-state index contributed by atoms with van der Waals surface area (Å²) in [6, 6.07) is 15.2. The minimum atomic E-state index is -0.314. The van der Waals surface area contributed by atoms with Crippen LogP contribution in [0, 0.1) is 12.7 Å². The van der Waals surface area contributed by atoms with E-state index in [1.165, 1.54) is 12.1 Å². The van der Waals surface area contributed by atoms with E-state index in [-0.39, 0.29) is 30.2 Å². The van der Waals surface area contributed by atoms with Crippen LogP contribution in [0.3, 0.4) is 0 Å². The number of carbonyl (C=O) groups excluding carboxylic acids is 2. The molecule has 1 saturated carbocycles. The molecule has 166 valence electrons. The highest BCUT2D eigenvalue weighted by atomic mass is 35.5. The molecule has 3 aromatic rings. The van der Waals surface area contributed by atoms with Gasteiger partial charge in [-0.15, -0.1) is 11.3 Å². The van der Waals surface area contributed by atoms with Gasteiger partial charge in [-0.1, -0.05) is 35.9 Å². The normalized spacial score (nSPS) is 13.1. The number of nitrogens with zero attached hydrogens (tertiary/aromatic N) is 2. The van der Waals surface area contributed by atoms with Crippen LogP contribution in [0.25, 0.3) is 0 Å². The lowest BCUT2D eigenvalue weighted by Crippen LogP contribution is -2.43. The van der Waals surface area contributed by atoms with Gasteiger partial charge >= 0.3 is 0 Å². The molecule has 7 heteroatoms. The van der Waals surface area contributed by atoms with Crippen LogP contribution < -0.4 is 0 Å². The molecule has 0 N–H and O–H groups in total. The average Bonchev–Trinajstić information content (AvgIpc) is 3.55. The van der Waals surface area contributed by atoms with E-state index in [0.717, 1.165) is 28.8 Å². The summed E-state index contributed by atoms with van der Waals surface area (Å²) in [5.74, 6) is -0.680. The zero-order valence-corrected chi connectivity index (χ0v) is 19.3. The minimum absolute atomic E-state index is 0.0136. The number of aryl methyl sites for hydroxylation is 1. The largest absolute Gasteiger partial charge is 0.332 e. The van der Waals surface area contributed by atoms with E-state index in [0.29, 0.717) is 23.7 Å². The monoisotopic (exact) mass is 470 g/mol. The van der Waals surface area contributed by atoms with Gasteiger partial charge in [0.05, 0.1) is 17.1 Å². The minimum Gasteiger partial charge on any atom is -0.332 e. The van der Waals surface area contributed by atoms with Crippen molar-refractivity contribution in [3.8, 4) is 0 Å². The molecule has 1 aliphatic rings. The van der Waals surface area contributed by atoms with Gasteiger partial charge in [-0.25, -0.2) is 4.39 Å². The first-order chi connectivity index (χ1) is 15.4. The van der Waals surface area contributed by atoms with Crippen molar-refractivity contribution < 1.29 is 14.0 Å². The first-order valence-corrected chi connectivity index (χ1v) is 11.8. The number of hydrogen-bond acceptors (Lipinski definition) is 3. The summed E-state index contributed by atoms with van der Waals surface area (Å²) in [6.45, 7) is 2.79. The van der Waals surface area contributed by atoms with Crippen LogP contribution in [0.4, 0.5) is 4.39 Å². The van der Waals surface area contributed by atoms with E-state index >= 15 is 0 Å². The highest BCUT2D eigenvalue weighted by Gasteiger charge is 2.36. The zero-order valence-electron chi connectivity index (χ0n) is 17.8. The summed E-state index contributed by atoms with van der Waals surface area (Å²) in [7, 11) is 0. The number of rotatable bonds is 8. The Bertz CT molecular complexity index is 1110. The van der Waals surface area contributed by atoms with Crippen molar-refractivity contribution in [1.29, 1.82) is 0 Å². The highest BCUT2D eigenvalue weighted by Crippen LogP contribution is 2.30. The van der Waals surface area contributed by atoms with Gasteiger partial charge in [0.25, 0.3) is 5.91 Å². The first-order valence-electron chi connectivity index (χ1n) is 10.5. The number of amides is 2. The van der Waals surface area contributed by atoms with Crippen LogP contribution >= 0.6 is 22.9 Å². The molecule has 1 fully saturated rings. The summed E-state index contributed by atoms with van der Waals surface area (Å²) >= 11 is 7.85. The zero-order chi connectivity index (χ0) is 22.7. The second-order valence-corrected chi connectivity index (χ2v) is 9.45. The molecule has 1 heterocycles. The maximum absolute atomic E-state index is 13.4. The van der Waals surface area contributed by atoms with Gasteiger partial charge in [0.15, 0.2) is 0 Å². The summed E-state index contributed by atoms with van der Waals surface area (Å²) in [4.78, 5) is 31.1. The van der Waals surface area contributed by atoms with E-state index in [2.05, 4.69) is 0 Å². The number of thiophene rings is 1. The van der Waals surface area contributed by atoms with Crippen molar-refractivity contribution in [2.75, 3.05) is 6.54 Å². The molecule has 0 spiro atoms. The lowest BCUT2D eigenvalue weighted by molar-refractivity contribution is -0.133.